The van der Waals surface area contributed by atoms with Crippen LogP contribution in [0.1, 0.15) is 96.8 Å². The van der Waals surface area contributed by atoms with Gasteiger partial charge in [0.1, 0.15) is 31.9 Å². The Bertz CT molecular complexity index is 2510. The van der Waals surface area contributed by atoms with Crippen molar-refractivity contribution in [1.29, 1.82) is 0 Å². The van der Waals surface area contributed by atoms with Crippen LogP contribution in [0.3, 0.4) is 0 Å². The van der Waals surface area contributed by atoms with Crippen molar-refractivity contribution in [1.82, 2.24) is 26.0 Å². The highest BCUT2D eigenvalue weighted by atomic mass is 31.2. The number of carbonyl (C=O) groups is 6. The van der Waals surface area contributed by atoms with Gasteiger partial charge in [0.25, 0.3) is 5.91 Å². The molecule has 1 unspecified atom stereocenters. The number of nitrogens with one attached hydrogen (secondary N) is 4. The summed E-state index contributed by atoms with van der Waals surface area (Å²) in [5.41, 5.74) is 3.18. The number of halogens is 1. The van der Waals surface area contributed by atoms with Crippen LogP contribution in [0, 0.1) is 5.95 Å². The number of ether oxygens (including phenoxy) is 3. The van der Waals surface area contributed by atoms with E-state index in [1.807, 2.05) is 48.5 Å². The van der Waals surface area contributed by atoms with Crippen molar-refractivity contribution in [2.45, 2.75) is 103 Å². The molecule has 3 amide bonds. The maximum atomic E-state index is 14.4. The number of amides is 3. The Morgan fingerprint density at radius 1 is 0.521 bits per heavy atom. The van der Waals surface area contributed by atoms with Gasteiger partial charge in [-0.15, -0.1) is 0 Å². The third-order valence-corrected chi connectivity index (χ3v) is 12.6. The summed E-state index contributed by atoms with van der Waals surface area (Å²) in [6, 6.07) is 36.1. The molecule has 19 heteroatoms. The predicted octanol–water partition coefficient (Wildman–Crippen LogP) is 7.98. The van der Waals surface area contributed by atoms with Crippen LogP contribution >= 0.6 is 7.75 Å². The number of hydrogen-bond donors (Lipinski definition) is 4. The van der Waals surface area contributed by atoms with Gasteiger partial charge in [0.15, 0.2) is 0 Å². The highest BCUT2D eigenvalue weighted by Crippen LogP contribution is 2.46. The summed E-state index contributed by atoms with van der Waals surface area (Å²) in [7, 11) is -4.27. The van der Waals surface area contributed by atoms with E-state index in [0.717, 1.165) is 29.0 Å². The van der Waals surface area contributed by atoms with Crippen molar-refractivity contribution in [2.75, 3.05) is 19.7 Å². The lowest BCUT2D eigenvalue weighted by molar-refractivity contribution is -0.150. The Labute approximate surface area is 424 Å². The van der Waals surface area contributed by atoms with Crippen LogP contribution in [0.4, 0.5) is 4.39 Å². The highest BCUT2D eigenvalue weighted by Gasteiger charge is 2.34. The van der Waals surface area contributed by atoms with E-state index < -0.39 is 49.6 Å². The molecule has 0 saturated carbocycles. The molecule has 0 aliphatic rings. The van der Waals surface area contributed by atoms with Gasteiger partial charge < -0.3 is 30.2 Å². The van der Waals surface area contributed by atoms with E-state index in [-0.39, 0.29) is 89.1 Å². The van der Waals surface area contributed by atoms with E-state index >= 15 is 0 Å². The van der Waals surface area contributed by atoms with Gasteiger partial charge >= 0.3 is 25.7 Å². The summed E-state index contributed by atoms with van der Waals surface area (Å²) in [6.45, 7) is 0.232. The third-order valence-electron chi connectivity index (χ3n) is 11.0. The number of hydrogen-bond acceptors (Lipinski definition) is 13. The van der Waals surface area contributed by atoms with Gasteiger partial charge in [0.05, 0.1) is 18.8 Å². The first-order valence-corrected chi connectivity index (χ1v) is 25.8. The highest BCUT2D eigenvalue weighted by molar-refractivity contribution is 7.51. The third kappa shape index (κ3) is 22.9. The molecule has 0 aliphatic heterocycles. The molecule has 0 aliphatic carbocycles. The standard InChI is InChI=1S/C54H63FN5O12P/c55-48-30-27-45(36-58-48)52(64)57-34-15-5-14-26-50(62)59-46(53(65)69-38-42-20-8-2-9-21-42)28-31-49(61)56-33-16-17-35-71-73(67,72-40-44-24-12-4-13-25-44)60-47(54(66)70-39-43-22-10-3-11-23-43)29-32-51(63)68-37-41-18-6-1-7-19-41/h1-4,6-13,18-25,27,30,36,46-47H,5,14-17,26,28-29,31-35,37-40H2,(H,56,61)(H,57,64)(H,59,62)(H,60,67)/t46-,47-,73?/m0/s1. The Kier molecular flexibility index (Phi) is 24.9. The second kappa shape index (κ2) is 32.1. The number of carbonyl (C=O) groups excluding carboxylic acids is 6. The predicted molar refractivity (Wildman–Crippen MR) is 268 cm³/mol. The average molecular weight is 1020 g/mol. The number of aromatic nitrogens is 1. The fourth-order valence-corrected chi connectivity index (χ4v) is 8.45. The molecule has 3 atom stereocenters. The molecule has 388 valence electrons. The number of esters is 3. The molecule has 5 rings (SSSR count). The van der Waals surface area contributed by atoms with Gasteiger partial charge in [0.2, 0.25) is 17.8 Å². The molecule has 0 radical (unpaired) electrons. The monoisotopic (exact) mass is 1020 g/mol. The molecule has 17 nitrogen and oxygen atoms in total. The first-order valence-electron chi connectivity index (χ1n) is 24.2. The fourth-order valence-electron chi connectivity index (χ4n) is 6.92. The van der Waals surface area contributed by atoms with Crippen LogP contribution in [0.2, 0.25) is 0 Å². The summed E-state index contributed by atoms with van der Waals surface area (Å²) in [5.74, 6) is -3.91. The van der Waals surface area contributed by atoms with Crippen LogP contribution in [-0.4, -0.2) is 72.4 Å². The Morgan fingerprint density at radius 3 is 1.62 bits per heavy atom. The Balaban J connectivity index is 1.09. The van der Waals surface area contributed by atoms with Crippen LogP contribution < -0.4 is 21.0 Å². The smallest absolute Gasteiger partial charge is 0.406 e. The number of pyridine rings is 1. The molecule has 73 heavy (non-hydrogen) atoms. The summed E-state index contributed by atoms with van der Waals surface area (Å²) in [5, 5.41) is 11.0. The summed E-state index contributed by atoms with van der Waals surface area (Å²) < 4.78 is 55.7. The fraction of sp³-hybridized carbons (Fsp3) is 0.352. The lowest BCUT2D eigenvalue weighted by atomic mass is 10.1. The molecule has 0 bridgehead atoms. The zero-order valence-electron chi connectivity index (χ0n) is 40.6. The van der Waals surface area contributed by atoms with Crippen molar-refractivity contribution in [2.24, 2.45) is 0 Å². The second-order valence-electron chi connectivity index (χ2n) is 16.8. The number of unbranched alkanes of at least 4 members (excludes halogenated alkanes) is 3. The van der Waals surface area contributed by atoms with Crippen molar-refractivity contribution in [3.8, 4) is 0 Å². The van der Waals surface area contributed by atoms with Gasteiger partial charge in [-0.1, -0.05) is 128 Å². The minimum Gasteiger partial charge on any atom is -0.461 e. The van der Waals surface area contributed by atoms with Crippen molar-refractivity contribution >= 4 is 43.4 Å². The maximum Gasteiger partial charge on any atom is 0.406 e. The largest absolute Gasteiger partial charge is 0.461 e. The number of nitrogens with zero attached hydrogens (tertiary/aromatic N) is 1. The first-order chi connectivity index (χ1) is 35.4. The van der Waals surface area contributed by atoms with Gasteiger partial charge in [-0.25, -0.2) is 19.4 Å². The van der Waals surface area contributed by atoms with E-state index in [0.29, 0.717) is 44.2 Å². The van der Waals surface area contributed by atoms with E-state index in [4.69, 9.17) is 23.3 Å². The molecular formula is C54H63FN5O12P. The summed E-state index contributed by atoms with van der Waals surface area (Å²) >= 11 is 0. The molecule has 1 heterocycles. The van der Waals surface area contributed by atoms with E-state index in [1.165, 1.54) is 6.07 Å². The van der Waals surface area contributed by atoms with Crippen LogP contribution in [0.5, 0.6) is 0 Å². The number of rotatable bonds is 33. The molecule has 0 fully saturated rings. The molecule has 0 saturated heterocycles. The summed E-state index contributed by atoms with van der Waals surface area (Å²) in [6.07, 6.45) is 3.05. The zero-order valence-corrected chi connectivity index (χ0v) is 41.5. The number of benzene rings is 4. The van der Waals surface area contributed by atoms with Gasteiger partial charge in [-0.2, -0.15) is 4.39 Å². The molecule has 4 aromatic carbocycles. The van der Waals surface area contributed by atoms with Crippen molar-refractivity contribution in [3.05, 3.63) is 173 Å². The maximum absolute atomic E-state index is 14.4. The first kappa shape index (κ1) is 56.8. The van der Waals surface area contributed by atoms with Gasteiger partial charge in [-0.3, -0.25) is 33.0 Å². The van der Waals surface area contributed by atoms with Crippen LogP contribution in [0.15, 0.2) is 140 Å². The quantitative estimate of drug-likeness (QED) is 0.0103. The molecule has 1 aromatic heterocycles. The zero-order chi connectivity index (χ0) is 51.9. The van der Waals surface area contributed by atoms with Crippen LogP contribution in [-0.2, 0) is 78.2 Å². The molecule has 4 N–H and O–H groups in total. The SMILES string of the molecule is O=C(CC[C@H](NC(=O)CCCCCNC(=O)c1ccc(F)nc1)C(=O)OCc1ccccc1)NCCCCOP(=O)(N[C@@H](CCC(=O)OCc1ccccc1)C(=O)OCc1ccccc1)OCc1ccccc1. The van der Waals surface area contributed by atoms with Crippen molar-refractivity contribution in [3.63, 3.8) is 0 Å². The molecule has 5 aromatic rings. The van der Waals surface area contributed by atoms with Gasteiger partial charge in [0, 0.05) is 38.5 Å². The topological polar surface area (TPSA) is 227 Å². The normalized spacial score (nSPS) is 12.6. The van der Waals surface area contributed by atoms with Crippen molar-refractivity contribution < 1.29 is 61.0 Å². The second-order valence-corrected chi connectivity index (χ2v) is 18.6. The van der Waals surface area contributed by atoms with E-state index in [1.54, 1.807) is 72.8 Å². The minimum absolute atomic E-state index is 0.0252. The van der Waals surface area contributed by atoms with Crippen LogP contribution in [0.25, 0.3) is 0 Å². The molecule has 0 spiro atoms. The molecular weight excluding hydrogens is 961 g/mol. The lowest BCUT2D eigenvalue weighted by Crippen LogP contribution is -2.42. The van der Waals surface area contributed by atoms with Gasteiger partial charge in [-0.05, 0) is 72.9 Å². The van der Waals surface area contributed by atoms with E-state index in [9.17, 15) is 37.7 Å². The van der Waals surface area contributed by atoms with E-state index in [2.05, 4.69) is 26.0 Å². The Morgan fingerprint density at radius 2 is 1.04 bits per heavy atom. The summed E-state index contributed by atoms with van der Waals surface area (Å²) in [4.78, 5) is 81.3. The Hall–Kier alpha value is -7.11. The lowest BCUT2D eigenvalue weighted by Gasteiger charge is -2.24. The average Bonchev–Trinajstić information content (AvgIpc) is 3.41. The minimum atomic E-state index is -4.27.